The van der Waals surface area contributed by atoms with Crippen molar-refractivity contribution in [3.63, 3.8) is 0 Å². The Morgan fingerprint density at radius 3 is 2.67 bits per heavy atom. The Morgan fingerprint density at radius 1 is 1.38 bits per heavy atom. The van der Waals surface area contributed by atoms with E-state index < -0.39 is 17.5 Å². The van der Waals surface area contributed by atoms with E-state index in [0.717, 1.165) is 12.0 Å². The number of amides is 1. The molecular weight excluding hydrogens is 281 g/mol. The third kappa shape index (κ3) is 3.05. The summed E-state index contributed by atoms with van der Waals surface area (Å²) >= 11 is 0. The van der Waals surface area contributed by atoms with Gasteiger partial charge in [-0.3, -0.25) is 4.79 Å². The zero-order chi connectivity index (χ0) is 15.5. The number of anilines is 1. The molecule has 1 aromatic rings. The molecule has 0 spiro atoms. The van der Waals surface area contributed by atoms with Crippen LogP contribution in [0.1, 0.15) is 25.3 Å². The molecule has 1 unspecified atom stereocenters. The van der Waals surface area contributed by atoms with Crippen molar-refractivity contribution in [2.75, 3.05) is 18.4 Å². The van der Waals surface area contributed by atoms with Crippen molar-refractivity contribution in [3.05, 3.63) is 29.8 Å². The number of para-hydroxylation sites is 1. The molecular formula is C15H19F3N2O. The van der Waals surface area contributed by atoms with E-state index in [2.05, 4.69) is 10.6 Å². The molecule has 1 heterocycles. The zero-order valence-electron chi connectivity index (χ0n) is 11.9. The molecule has 0 aliphatic carbocycles. The lowest BCUT2D eigenvalue weighted by Gasteiger charge is -2.29. The van der Waals surface area contributed by atoms with Gasteiger partial charge in [0.2, 0.25) is 5.91 Å². The van der Waals surface area contributed by atoms with Crippen molar-refractivity contribution in [3.8, 4) is 0 Å². The molecule has 0 bridgehead atoms. The Kier molecular flexibility index (Phi) is 4.56. The first-order valence-electron chi connectivity index (χ1n) is 7.07. The molecule has 1 atom stereocenters. The summed E-state index contributed by atoms with van der Waals surface area (Å²) in [5.74, 6) is -0.969. The topological polar surface area (TPSA) is 41.1 Å². The fourth-order valence-corrected chi connectivity index (χ4v) is 2.63. The second-order valence-electron chi connectivity index (χ2n) is 5.37. The van der Waals surface area contributed by atoms with Gasteiger partial charge in [-0.05, 0) is 31.0 Å². The summed E-state index contributed by atoms with van der Waals surface area (Å²) < 4.78 is 40.0. The fourth-order valence-electron chi connectivity index (χ4n) is 2.63. The van der Waals surface area contributed by atoms with E-state index in [-0.39, 0.29) is 19.5 Å². The predicted octanol–water partition coefficient (Wildman–Crippen LogP) is 3.12. The third-order valence-corrected chi connectivity index (χ3v) is 3.92. The highest BCUT2D eigenvalue weighted by molar-refractivity contribution is 5.97. The number of halogens is 3. The van der Waals surface area contributed by atoms with Crippen LogP contribution in [0.3, 0.4) is 0 Å². The molecule has 1 amide bonds. The van der Waals surface area contributed by atoms with Gasteiger partial charge >= 0.3 is 6.18 Å². The van der Waals surface area contributed by atoms with E-state index in [1.54, 1.807) is 12.1 Å². The van der Waals surface area contributed by atoms with Gasteiger partial charge in [0, 0.05) is 12.2 Å². The monoisotopic (exact) mass is 300 g/mol. The number of hydrogen-bond acceptors (Lipinski definition) is 2. The highest BCUT2D eigenvalue weighted by atomic mass is 19.4. The second kappa shape index (κ2) is 6.05. The van der Waals surface area contributed by atoms with Crippen LogP contribution in [-0.2, 0) is 11.2 Å². The minimum Gasteiger partial charge on any atom is -0.325 e. The molecule has 1 aromatic carbocycles. The van der Waals surface area contributed by atoms with Gasteiger partial charge in [-0.25, -0.2) is 0 Å². The molecule has 0 saturated carbocycles. The Balaban J connectivity index is 2.24. The zero-order valence-corrected chi connectivity index (χ0v) is 11.9. The van der Waals surface area contributed by atoms with E-state index in [0.29, 0.717) is 12.1 Å². The Labute approximate surface area is 121 Å². The van der Waals surface area contributed by atoms with Gasteiger partial charge in [0.25, 0.3) is 0 Å². The minimum atomic E-state index is -4.56. The molecule has 1 fully saturated rings. The molecule has 1 aliphatic rings. The van der Waals surface area contributed by atoms with Gasteiger partial charge in [0.05, 0.1) is 0 Å². The molecule has 2 rings (SSSR count). The highest BCUT2D eigenvalue weighted by Crippen LogP contribution is 2.43. The van der Waals surface area contributed by atoms with Crippen LogP contribution in [0.25, 0.3) is 0 Å². The Morgan fingerprint density at radius 2 is 2.10 bits per heavy atom. The number of rotatable bonds is 4. The van der Waals surface area contributed by atoms with Crippen LogP contribution in [0.4, 0.5) is 18.9 Å². The van der Waals surface area contributed by atoms with Crippen molar-refractivity contribution >= 4 is 11.6 Å². The van der Waals surface area contributed by atoms with Crippen LogP contribution in [0, 0.1) is 5.41 Å². The van der Waals surface area contributed by atoms with Crippen LogP contribution in [0.5, 0.6) is 0 Å². The van der Waals surface area contributed by atoms with Gasteiger partial charge in [0.1, 0.15) is 0 Å². The van der Waals surface area contributed by atoms with E-state index in [1.165, 1.54) is 0 Å². The maximum absolute atomic E-state index is 13.3. The lowest BCUT2D eigenvalue weighted by Crippen LogP contribution is -2.49. The number of carbonyl (C=O) groups is 1. The minimum absolute atomic E-state index is 0.198. The highest BCUT2D eigenvalue weighted by Gasteiger charge is 2.61. The molecule has 21 heavy (non-hydrogen) atoms. The first-order chi connectivity index (χ1) is 9.90. The molecule has 1 saturated heterocycles. The predicted molar refractivity (Wildman–Crippen MR) is 75.0 cm³/mol. The average molecular weight is 300 g/mol. The normalized spacial score (nSPS) is 22.3. The van der Waals surface area contributed by atoms with E-state index in [4.69, 9.17) is 0 Å². The van der Waals surface area contributed by atoms with E-state index in [1.807, 2.05) is 19.1 Å². The standard InChI is InChI=1S/C15H19F3N2O/c1-2-5-11-6-3-4-7-12(11)20-13(21)14(15(16,17)18)8-9-19-10-14/h3-4,6-7,19H,2,5,8-10H2,1H3,(H,20,21). The van der Waals surface area contributed by atoms with E-state index >= 15 is 0 Å². The number of benzene rings is 1. The SMILES string of the molecule is CCCc1ccccc1NC(=O)C1(C(F)(F)F)CCNC1. The number of aryl methyl sites for hydroxylation is 1. The van der Waals surface area contributed by atoms with Crippen molar-refractivity contribution in [1.29, 1.82) is 0 Å². The second-order valence-corrected chi connectivity index (χ2v) is 5.37. The molecule has 0 aromatic heterocycles. The van der Waals surface area contributed by atoms with Crippen molar-refractivity contribution < 1.29 is 18.0 Å². The maximum atomic E-state index is 13.3. The summed E-state index contributed by atoms with van der Waals surface area (Å²) in [5, 5.41) is 5.13. The van der Waals surface area contributed by atoms with Gasteiger partial charge in [-0.2, -0.15) is 13.2 Å². The maximum Gasteiger partial charge on any atom is 0.404 e. The van der Waals surface area contributed by atoms with E-state index in [9.17, 15) is 18.0 Å². The van der Waals surface area contributed by atoms with Crippen molar-refractivity contribution in [1.82, 2.24) is 5.32 Å². The van der Waals surface area contributed by atoms with Crippen molar-refractivity contribution in [2.45, 2.75) is 32.4 Å². The van der Waals surface area contributed by atoms with Crippen LogP contribution < -0.4 is 10.6 Å². The quantitative estimate of drug-likeness (QED) is 0.897. The molecule has 6 heteroatoms. The van der Waals surface area contributed by atoms with Crippen LogP contribution in [-0.4, -0.2) is 25.2 Å². The summed E-state index contributed by atoms with van der Waals surface area (Å²) in [5.41, 5.74) is -0.997. The summed E-state index contributed by atoms with van der Waals surface area (Å²) in [6.45, 7) is 1.82. The number of alkyl halides is 3. The van der Waals surface area contributed by atoms with Gasteiger partial charge in [0.15, 0.2) is 5.41 Å². The molecule has 3 nitrogen and oxygen atoms in total. The number of nitrogens with one attached hydrogen (secondary N) is 2. The fraction of sp³-hybridized carbons (Fsp3) is 0.533. The molecule has 116 valence electrons. The van der Waals surface area contributed by atoms with Gasteiger partial charge in [-0.1, -0.05) is 31.5 Å². The first-order valence-corrected chi connectivity index (χ1v) is 7.07. The van der Waals surface area contributed by atoms with Crippen LogP contribution in [0.2, 0.25) is 0 Å². The molecule has 2 N–H and O–H groups in total. The molecule has 0 radical (unpaired) electrons. The summed E-state index contributed by atoms with van der Waals surface area (Å²) in [6.07, 6.45) is -3.20. The average Bonchev–Trinajstić information content (AvgIpc) is 2.91. The van der Waals surface area contributed by atoms with Gasteiger partial charge in [-0.15, -0.1) is 0 Å². The summed E-state index contributed by atoms with van der Waals surface area (Å²) in [4.78, 5) is 12.3. The molecule has 1 aliphatic heterocycles. The van der Waals surface area contributed by atoms with Gasteiger partial charge < -0.3 is 10.6 Å². The summed E-state index contributed by atoms with van der Waals surface area (Å²) in [6, 6.07) is 7.00. The Hall–Kier alpha value is -1.56. The Bertz CT molecular complexity index is 508. The third-order valence-electron chi connectivity index (χ3n) is 3.92. The largest absolute Gasteiger partial charge is 0.404 e. The van der Waals surface area contributed by atoms with Crippen LogP contribution in [0.15, 0.2) is 24.3 Å². The van der Waals surface area contributed by atoms with Crippen molar-refractivity contribution in [2.24, 2.45) is 5.41 Å². The lowest BCUT2D eigenvalue weighted by atomic mass is 9.85. The number of hydrogen-bond donors (Lipinski definition) is 2. The van der Waals surface area contributed by atoms with Crippen LogP contribution >= 0.6 is 0 Å². The first kappa shape index (κ1) is 15.8. The number of carbonyl (C=O) groups excluding carboxylic acids is 1. The lowest BCUT2D eigenvalue weighted by molar-refractivity contribution is -0.213. The smallest absolute Gasteiger partial charge is 0.325 e. The summed E-state index contributed by atoms with van der Waals surface area (Å²) in [7, 11) is 0.